The molecule has 0 saturated heterocycles. The van der Waals surface area contributed by atoms with Gasteiger partial charge in [0.25, 0.3) is 0 Å². The zero-order valence-corrected chi connectivity index (χ0v) is 20.6. The summed E-state index contributed by atoms with van der Waals surface area (Å²) in [4.78, 5) is 4.58. The molecule has 0 spiro atoms. The number of fused-ring (bicyclic) bond motifs is 3. The molecule has 1 aliphatic heterocycles. The molecule has 0 unspecified atom stereocenters. The first-order chi connectivity index (χ1) is 16.1. The van der Waals surface area contributed by atoms with E-state index in [2.05, 4.69) is 36.4 Å². The van der Waals surface area contributed by atoms with Crippen molar-refractivity contribution in [3.05, 3.63) is 87.4 Å². The number of aromatic nitrogens is 3. The Labute approximate surface area is 208 Å². The van der Waals surface area contributed by atoms with Gasteiger partial charge in [-0.3, -0.25) is 0 Å². The monoisotopic (exact) mass is 540 g/mol. The van der Waals surface area contributed by atoms with Crippen LogP contribution in [-0.2, 0) is 6.61 Å². The highest BCUT2D eigenvalue weighted by Gasteiger charge is 2.28. The minimum Gasteiger partial charge on any atom is -0.488 e. The number of ether oxygens (including phenoxy) is 2. The van der Waals surface area contributed by atoms with Gasteiger partial charge in [0.1, 0.15) is 12.4 Å². The van der Waals surface area contributed by atoms with Crippen LogP contribution in [0.2, 0.25) is 5.02 Å². The number of halogens is 2. The third-order valence-corrected chi connectivity index (χ3v) is 6.33. The predicted octanol–water partition coefficient (Wildman–Crippen LogP) is 6.76. The van der Waals surface area contributed by atoms with Crippen LogP contribution in [0.5, 0.6) is 11.6 Å². The summed E-state index contributed by atoms with van der Waals surface area (Å²) in [5.74, 6) is 1.05. The van der Waals surface area contributed by atoms with E-state index in [1.807, 2.05) is 66.9 Å². The van der Waals surface area contributed by atoms with Gasteiger partial charge in [0.15, 0.2) is 5.69 Å². The van der Waals surface area contributed by atoms with Crippen molar-refractivity contribution in [3.63, 3.8) is 0 Å². The van der Waals surface area contributed by atoms with E-state index < -0.39 is 6.23 Å². The van der Waals surface area contributed by atoms with Crippen LogP contribution < -0.4 is 14.8 Å². The van der Waals surface area contributed by atoms with E-state index in [9.17, 15) is 0 Å². The van der Waals surface area contributed by atoms with Gasteiger partial charge in [-0.1, -0.05) is 69.6 Å². The minimum atomic E-state index is -0.609. The van der Waals surface area contributed by atoms with Crippen molar-refractivity contribution in [2.24, 2.45) is 0 Å². The van der Waals surface area contributed by atoms with Gasteiger partial charge in [0.05, 0.1) is 5.56 Å². The standard InChI is InChI=1S/C24H18BrClN4O2S/c1-33-24-28-23-21(29-30-24)17-11-15(25)7-9-19(17)27-22(32-23)18-12-16(26)8-10-20(18)31-13-14-5-3-2-4-6-14/h2-12,22,27H,13H2,1H3/t22-/m0/s1. The summed E-state index contributed by atoms with van der Waals surface area (Å²) in [5.41, 5.74) is 4.06. The van der Waals surface area contributed by atoms with Crippen LogP contribution in [0.3, 0.4) is 0 Å². The number of nitrogens with zero attached hydrogens (tertiary/aromatic N) is 3. The molecule has 166 valence electrons. The predicted molar refractivity (Wildman–Crippen MR) is 134 cm³/mol. The number of benzene rings is 3. The molecule has 0 radical (unpaired) electrons. The molecule has 0 saturated carbocycles. The van der Waals surface area contributed by atoms with E-state index in [1.54, 1.807) is 6.07 Å². The van der Waals surface area contributed by atoms with Crippen molar-refractivity contribution < 1.29 is 9.47 Å². The molecule has 1 N–H and O–H groups in total. The summed E-state index contributed by atoms with van der Waals surface area (Å²) < 4.78 is 13.5. The fourth-order valence-corrected chi connectivity index (χ4v) is 4.33. The second-order valence-electron chi connectivity index (χ2n) is 7.24. The van der Waals surface area contributed by atoms with E-state index in [-0.39, 0.29) is 0 Å². The van der Waals surface area contributed by atoms with Crippen LogP contribution in [0.25, 0.3) is 11.3 Å². The van der Waals surface area contributed by atoms with Gasteiger partial charge in [0, 0.05) is 20.7 Å². The van der Waals surface area contributed by atoms with Gasteiger partial charge in [-0.2, -0.15) is 4.98 Å². The molecule has 9 heteroatoms. The molecule has 0 amide bonds. The smallest absolute Gasteiger partial charge is 0.247 e. The van der Waals surface area contributed by atoms with Crippen LogP contribution >= 0.6 is 39.3 Å². The molecular weight excluding hydrogens is 524 g/mol. The van der Waals surface area contributed by atoms with Gasteiger partial charge in [-0.05, 0) is 48.2 Å². The van der Waals surface area contributed by atoms with Crippen LogP contribution in [0, 0.1) is 0 Å². The Hall–Kier alpha value is -2.81. The second kappa shape index (κ2) is 9.59. The molecular formula is C24H18BrClN4O2S. The van der Waals surface area contributed by atoms with E-state index in [0.29, 0.717) is 34.1 Å². The van der Waals surface area contributed by atoms with E-state index in [4.69, 9.17) is 21.1 Å². The molecule has 1 aromatic heterocycles. The Balaban J connectivity index is 1.56. The van der Waals surface area contributed by atoms with Gasteiger partial charge in [0.2, 0.25) is 17.3 Å². The van der Waals surface area contributed by atoms with E-state index in [1.165, 1.54) is 11.8 Å². The summed E-state index contributed by atoms with van der Waals surface area (Å²) in [6.45, 7) is 0.419. The average Bonchev–Trinajstić information content (AvgIpc) is 3.00. The molecule has 0 fully saturated rings. The zero-order chi connectivity index (χ0) is 22.8. The molecule has 3 aromatic carbocycles. The minimum absolute atomic E-state index is 0.387. The van der Waals surface area contributed by atoms with Gasteiger partial charge >= 0.3 is 0 Å². The zero-order valence-electron chi connectivity index (χ0n) is 17.5. The molecule has 33 heavy (non-hydrogen) atoms. The lowest BCUT2D eigenvalue weighted by Crippen LogP contribution is -2.18. The van der Waals surface area contributed by atoms with Crippen LogP contribution in [-0.4, -0.2) is 21.4 Å². The Morgan fingerprint density at radius 1 is 1.09 bits per heavy atom. The number of rotatable bonds is 5. The largest absolute Gasteiger partial charge is 0.488 e. The highest BCUT2D eigenvalue weighted by atomic mass is 79.9. The lowest BCUT2D eigenvalue weighted by atomic mass is 10.1. The van der Waals surface area contributed by atoms with E-state index >= 15 is 0 Å². The fourth-order valence-electron chi connectivity index (χ4n) is 3.49. The molecule has 5 rings (SSSR count). The van der Waals surface area contributed by atoms with Gasteiger partial charge < -0.3 is 14.8 Å². The molecule has 1 aliphatic rings. The number of nitrogens with one attached hydrogen (secondary N) is 1. The maximum Gasteiger partial charge on any atom is 0.247 e. The lowest BCUT2D eigenvalue weighted by Gasteiger charge is -2.22. The number of thioether (sulfide) groups is 1. The summed E-state index contributed by atoms with van der Waals surface area (Å²) in [6, 6.07) is 21.4. The summed E-state index contributed by atoms with van der Waals surface area (Å²) in [7, 11) is 0. The van der Waals surface area contributed by atoms with Crippen molar-refractivity contribution in [3.8, 4) is 22.9 Å². The molecule has 2 heterocycles. The number of hydrogen-bond acceptors (Lipinski definition) is 7. The van der Waals surface area contributed by atoms with Gasteiger partial charge in [-0.25, -0.2) is 0 Å². The number of anilines is 1. The molecule has 4 aromatic rings. The van der Waals surface area contributed by atoms with Crippen molar-refractivity contribution >= 4 is 45.0 Å². The highest BCUT2D eigenvalue weighted by Crippen LogP contribution is 2.42. The first-order valence-corrected chi connectivity index (χ1v) is 12.5. The lowest BCUT2D eigenvalue weighted by molar-refractivity contribution is 0.214. The third kappa shape index (κ3) is 4.78. The quantitative estimate of drug-likeness (QED) is 0.280. The highest BCUT2D eigenvalue weighted by molar-refractivity contribution is 9.10. The molecule has 0 bridgehead atoms. The normalized spacial score (nSPS) is 14.3. The van der Waals surface area contributed by atoms with Gasteiger partial charge in [-0.15, -0.1) is 10.2 Å². The summed E-state index contributed by atoms with van der Waals surface area (Å²) >= 11 is 11.3. The maximum atomic E-state index is 6.38. The summed E-state index contributed by atoms with van der Waals surface area (Å²) in [6.07, 6.45) is 1.29. The molecule has 1 atom stereocenters. The van der Waals surface area contributed by atoms with Crippen molar-refractivity contribution in [2.75, 3.05) is 11.6 Å². The Kier molecular flexibility index (Phi) is 6.39. The SMILES string of the molecule is CSc1nnc2c(n1)O[C@@H](c1cc(Cl)ccc1OCc1ccccc1)Nc1ccc(Br)cc1-2. The molecule has 6 nitrogen and oxygen atoms in total. The van der Waals surface area contributed by atoms with Crippen molar-refractivity contribution in [1.29, 1.82) is 0 Å². The van der Waals surface area contributed by atoms with Crippen molar-refractivity contribution in [2.45, 2.75) is 18.0 Å². The molecule has 0 aliphatic carbocycles. The maximum absolute atomic E-state index is 6.38. The van der Waals surface area contributed by atoms with Crippen LogP contribution in [0.4, 0.5) is 5.69 Å². The second-order valence-corrected chi connectivity index (χ2v) is 9.37. The number of hydrogen-bond donors (Lipinski definition) is 1. The van der Waals surface area contributed by atoms with Crippen LogP contribution in [0.1, 0.15) is 17.4 Å². The average molecular weight is 542 g/mol. The third-order valence-electron chi connectivity index (χ3n) is 5.06. The Morgan fingerprint density at radius 3 is 2.76 bits per heavy atom. The Morgan fingerprint density at radius 2 is 1.94 bits per heavy atom. The fraction of sp³-hybridized carbons (Fsp3) is 0.125. The Bertz CT molecular complexity index is 1310. The van der Waals surface area contributed by atoms with Crippen LogP contribution in [0.15, 0.2) is 76.4 Å². The topological polar surface area (TPSA) is 69.2 Å². The van der Waals surface area contributed by atoms with Crippen molar-refractivity contribution in [1.82, 2.24) is 15.2 Å². The van der Waals surface area contributed by atoms with E-state index in [0.717, 1.165) is 26.9 Å². The first kappa shape index (κ1) is 22.0. The summed E-state index contributed by atoms with van der Waals surface area (Å²) in [5, 5.41) is 13.2. The first-order valence-electron chi connectivity index (χ1n) is 10.1.